The largest absolute Gasteiger partial charge is 0.340 e. The van der Waals surface area contributed by atoms with E-state index in [-0.39, 0.29) is 0 Å². The number of rotatable bonds is 4. The second-order valence-corrected chi connectivity index (χ2v) is 6.37. The Morgan fingerprint density at radius 2 is 2.14 bits per heavy atom. The molecular weight excluding hydrogens is 280 g/mol. The van der Waals surface area contributed by atoms with E-state index in [1.807, 2.05) is 0 Å². The molecule has 0 radical (unpaired) electrons. The summed E-state index contributed by atoms with van der Waals surface area (Å²) in [5.74, 6) is 0.952. The quantitative estimate of drug-likeness (QED) is 0.867. The van der Waals surface area contributed by atoms with E-state index in [4.69, 9.17) is 12.2 Å². The van der Waals surface area contributed by atoms with Crippen molar-refractivity contribution in [2.45, 2.75) is 45.2 Å². The van der Waals surface area contributed by atoms with Crippen LogP contribution in [0.4, 0.5) is 5.95 Å². The van der Waals surface area contributed by atoms with Crippen LogP contribution in [0.5, 0.6) is 0 Å². The molecule has 0 atom stereocenters. The van der Waals surface area contributed by atoms with Crippen molar-refractivity contribution in [3.8, 4) is 0 Å². The number of H-pyrrole nitrogens is 1. The molecule has 2 aromatic rings. The summed E-state index contributed by atoms with van der Waals surface area (Å²) in [6.07, 6.45) is 5.00. The lowest BCUT2D eigenvalue weighted by molar-refractivity contribution is 0.509. The third kappa shape index (κ3) is 3.02. The molecule has 1 saturated carbocycles. The minimum Gasteiger partial charge on any atom is -0.340 e. The molecule has 0 bridgehead atoms. The summed E-state index contributed by atoms with van der Waals surface area (Å²) < 4.78 is 2.95. The number of aromatic amines is 1. The monoisotopic (exact) mass is 302 g/mol. The molecule has 1 fully saturated rings. The van der Waals surface area contributed by atoms with Crippen LogP contribution in [-0.4, -0.2) is 21.8 Å². The molecule has 1 heterocycles. The predicted octanol–water partition coefficient (Wildman–Crippen LogP) is 4.00. The maximum Gasteiger partial charge on any atom is 0.226 e. The Labute approximate surface area is 130 Å². The molecule has 21 heavy (non-hydrogen) atoms. The van der Waals surface area contributed by atoms with Gasteiger partial charge in [0.25, 0.3) is 0 Å². The zero-order valence-corrected chi connectivity index (χ0v) is 13.5. The number of hydrogen-bond acceptors (Lipinski definition) is 3. The number of hydrogen-bond donors (Lipinski definition) is 1. The van der Waals surface area contributed by atoms with Crippen LogP contribution in [0.25, 0.3) is 0 Å². The highest BCUT2D eigenvalue weighted by molar-refractivity contribution is 7.71. The maximum absolute atomic E-state index is 5.43. The van der Waals surface area contributed by atoms with E-state index >= 15 is 0 Å². The fourth-order valence-corrected chi connectivity index (χ4v) is 3.49. The Balaban J connectivity index is 1.84. The van der Waals surface area contributed by atoms with Gasteiger partial charge in [-0.15, -0.1) is 5.10 Å². The van der Waals surface area contributed by atoms with Gasteiger partial charge >= 0.3 is 0 Å². The maximum atomic E-state index is 5.43. The van der Waals surface area contributed by atoms with Gasteiger partial charge < -0.3 is 4.90 Å². The molecule has 0 amide bonds. The Morgan fingerprint density at radius 3 is 2.86 bits per heavy atom. The second kappa shape index (κ2) is 6.02. The van der Waals surface area contributed by atoms with Crippen molar-refractivity contribution < 1.29 is 0 Å². The van der Waals surface area contributed by atoms with Gasteiger partial charge in [-0.25, -0.2) is 5.10 Å². The number of anilines is 1. The fourth-order valence-electron chi connectivity index (χ4n) is 3.21. The Morgan fingerprint density at radius 1 is 1.38 bits per heavy atom. The van der Waals surface area contributed by atoms with Gasteiger partial charge in [-0.05, 0) is 37.5 Å². The lowest BCUT2D eigenvalue weighted by atomic mass is 10.1. The average molecular weight is 302 g/mol. The highest BCUT2D eigenvalue weighted by Crippen LogP contribution is 2.32. The first kappa shape index (κ1) is 14.3. The third-order valence-electron chi connectivity index (χ3n) is 4.22. The van der Waals surface area contributed by atoms with Crippen LogP contribution >= 0.6 is 12.2 Å². The normalized spacial score (nSPS) is 15.5. The molecule has 3 rings (SSSR count). The molecular formula is C16H22N4S. The van der Waals surface area contributed by atoms with Gasteiger partial charge in [-0.3, -0.25) is 4.57 Å². The number of nitrogens with zero attached hydrogens (tertiary/aromatic N) is 3. The molecule has 1 N–H and O–H groups in total. The standard InChI is InChI=1S/C16H22N4S/c1-12-6-5-7-13(10-12)11-19(2)15-17-18-16(21)20(15)14-8-3-4-9-14/h5-7,10,14H,3-4,8-9,11H2,1-2H3,(H,18,21). The summed E-state index contributed by atoms with van der Waals surface area (Å²) in [5.41, 5.74) is 2.58. The molecule has 4 nitrogen and oxygen atoms in total. The van der Waals surface area contributed by atoms with E-state index in [9.17, 15) is 0 Å². The van der Waals surface area contributed by atoms with Crippen LogP contribution in [0.3, 0.4) is 0 Å². The molecule has 0 saturated heterocycles. The Hall–Kier alpha value is -1.62. The Bertz CT molecular complexity index is 667. The average Bonchev–Trinajstić information content (AvgIpc) is 3.07. The summed E-state index contributed by atoms with van der Waals surface area (Å²) in [7, 11) is 2.08. The van der Waals surface area contributed by atoms with Gasteiger partial charge in [0.15, 0.2) is 4.77 Å². The first-order valence-electron chi connectivity index (χ1n) is 7.59. The van der Waals surface area contributed by atoms with Crippen molar-refractivity contribution >= 4 is 18.2 Å². The van der Waals surface area contributed by atoms with Gasteiger partial charge in [-0.2, -0.15) is 0 Å². The van der Waals surface area contributed by atoms with E-state index in [1.165, 1.54) is 36.8 Å². The minimum absolute atomic E-state index is 0.506. The smallest absolute Gasteiger partial charge is 0.226 e. The van der Waals surface area contributed by atoms with Crippen molar-refractivity contribution in [3.05, 3.63) is 40.2 Å². The fraction of sp³-hybridized carbons (Fsp3) is 0.500. The van der Waals surface area contributed by atoms with E-state index in [1.54, 1.807) is 0 Å². The summed E-state index contributed by atoms with van der Waals surface area (Å²) in [6, 6.07) is 9.11. The van der Waals surface area contributed by atoms with Crippen molar-refractivity contribution in [1.29, 1.82) is 0 Å². The highest BCUT2D eigenvalue weighted by Gasteiger charge is 2.22. The van der Waals surface area contributed by atoms with E-state index in [0.29, 0.717) is 6.04 Å². The van der Waals surface area contributed by atoms with Crippen molar-refractivity contribution in [2.75, 3.05) is 11.9 Å². The molecule has 1 aliphatic carbocycles. The van der Waals surface area contributed by atoms with Crippen molar-refractivity contribution in [3.63, 3.8) is 0 Å². The van der Waals surface area contributed by atoms with Crippen molar-refractivity contribution in [2.24, 2.45) is 0 Å². The highest BCUT2D eigenvalue weighted by atomic mass is 32.1. The van der Waals surface area contributed by atoms with Gasteiger partial charge in [0.1, 0.15) is 0 Å². The lowest BCUT2D eigenvalue weighted by Gasteiger charge is -2.22. The molecule has 1 aromatic carbocycles. The van der Waals surface area contributed by atoms with Crippen LogP contribution in [0, 0.1) is 11.7 Å². The topological polar surface area (TPSA) is 36.9 Å². The van der Waals surface area contributed by atoms with Crippen LogP contribution in [0.2, 0.25) is 0 Å². The van der Waals surface area contributed by atoms with Crippen LogP contribution in [-0.2, 0) is 6.54 Å². The number of nitrogens with one attached hydrogen (secondary N) is 1. The molecule has 1 aliphatic rings. The van der Waals surface area contributed by atoms with Gasteiger partial charge in [-0.1, -0.05) is 42.7 Å². The first-order chi connectivity index (χ1) is 10.1. The van der Waals surface area contributed by atoms with E-state index < -0.39 is 0 Å². The third-order valence-corrected chi connectivity index (χ3v) is 4.51. The Kier molecular flexibility index (Phi) is 4.10. The van der Waals surface area contributed by atoms with Crippen molar-refractivity contribution in [1.82, 2.24) is 14.8 Å². The minimum atomic E-state index is 0.506. The predicted molar refractivity (Wildman–Crippen MR) is 88.2 cm³/mol. The van der Waals surface area contributed by atoms with Crippen LogP contribution in [0.15, 0.2) is 24.3 Å². The van der Waals surface area contributed by atoms with Crippen LogP contribution < -0.4 is 4.90 Å². The summed E-state index contributed by atoms with van der Waals surface area (Å²) in [4.78, 5) is 2.18. The molecule has 0 aliphatic heterocycles. The molecule has 112 valence electrons. The zero-order valence-electron chi connectivity index (χ0n) is 12.7. The summed E-state index contributed by atoms with van der Waals surface area (Å²) in [5, 5.41) is 7.42. The zero-order chi connectivity index (χ0) is 14.8. The van der Waals surface area contributed by atoms with Gasteiger partial charge in [0.05, 0.1) is 0 Å². The number of aryl methyl sites for hydroxylation is 1. The van der Waals surface area contributed by atoms with Gasteiger partial charge in [0.2, 0.25) is 5.95 Å². The SMILES string of the molecule is Cc1cccc(CN(C)c2n[nH]c(=S)n2C2CCCC2)c1. The molecule has 1 aromatic heterocycles. The lowest BCUT2D eigenvalue weighted by Crippen LogP contribution is -2.22. The first-order valence-corrected chi connectivity index (χ1v) is 7.99. The molecule has 5 heteroatoms. The number of benzene rings is 1. The molecule has 0 spiro atoms. The van der Waals surface area contributed by atoms with E-state index in [0.717, 1.165) is 17.3 Å². The van der Waals surface area contributed by atoms with Crippen LogP contribution in [0.1, 0.15) is 42.9 Å². The second-order valence-electron chi connectivity index (χ2n) is 5.98. The summed E-state index contributed by atoms with van der Waals surface area (Å²) >= 11 is 5.43. The summed E-state index contributed by atoms with van der Waals surface area (Å²) in [6.45, 7) is 2.96. The van der Waals surface area contributed by atoms with E-state index in [2.05, 4.69) is 57.9 Å². The number of aromatic nitrogens is 3. The molecule has 0 unspecified atom stereocenters. The van der Waals surface area contributed by atoms with Gasteiger partial charge in [0, 0.05) is 19.6 Å².